The summed E-state index contributed by atoms with van der Waals surface area (Å²) in [5.74, 6) is 0.710. The lowest BCUT2D eigenvalue weighted by atomic mass is 9.95. The van der Waals surface area contributed by atoms with Crippen LogP contribution < -0.4 is 5.32 Å². The van der Waals surface area contributed by atoms with Crippen LogP contribution in [-0.2, 0) is 11.2 Å². The number of benzene rings is 1. The van der Waals surface area contributed by atoms with E-state index in [1.54, 1.807) is 23.5 Å². The van der Waals surface area contributed by atoms with Crippen molar-refractivity contribution in [3.05, 3.63) is 62.6 Å². The maximum Gasteiger partial charge on any atom is 0.271 e. The Kier molecular flexibility index (Phi) is 7.21. The van der Waals surface area contributed by atoms with Crippen LogP contribution in [0.3, 0.4) is 0 Å². The van der Waals surface area contributed by atoms with E-state index in [1.165, 1.54) is 48.0 Å². The maximum atomic E-state index is 12.8. The summed E-state index contributed by atoms with van der Waals surface area (Å²) in [4.78, 5) is 24.5. The molecule has 8 nitrogen and oxygen atoms in total. The summed E-state index contributed by atoms with van der Waals surface area (Å²) >= 11 is 3.09. The van der Waals surface area contributed by atoms with Gasteiger partial charge in [-0.3, -0.25) is 14.9 Å². The Balaban J connectivity index is 1.51. The number of nitrogens with one attached hydrogen (secondary N) is 1. The van der Waals surface area contributed by atoms with Gasteiger partial charge in [0.2, 0.25) is 5.91 Å². The minimum absolute atomic E-state index is 0.0571. The molecule has 1 aromatic carbocycles. The van der Waals surface area contributed by atoms with Gasteiger partial charge in [0.05, 0.1) is 10.2 Å². The van der Waals surface area contributed by atoms with Gasteiger partial charge in [-0.25, -0.2) is 0 Å². The third kappa shape index (κ3) is 5.36. The largest absolute Gasteiger partial charge is 0.325 e. The van der Waals surface area contributed by atoms with Gasteiger partial charge in [-0.05, 0) is 37.3 Å². The summed E-state index contributed by atoms with van der Waals surface area (Å²) in [6.07, 6.45) is 6.55. The summed E-state index contributed by atoms with van der Waals surface area (Å²) in [7, 11) is 0. The average Bonchev–Trinajstić information content (AvgIpc) is 3.45. The van der Waals surface area contributed by atoms with Gasteiger partial charge in [0, 0.05) is 35.2 Å². The molecule has 1 N–H and O–H groups in total. The molecule has 1 saturated carbocycles. The Morgan fingerprint density at radius 3 is 2.81 bits per heavy atom. The minimum atomic E-state index is -0.477. The van der Waals surface area contributed by atoms with Crippen molar-refractivity contribution >= 4 is 40.4 Å². The average molecular weight is 472 g/mol. The predicted molar refractivity (Wildman–Crippen MR) is 126 cm³/mol. The number of non-ortho nitro benzene ring substituents is 1. The molecule has 1 fully saturated rings. The Labute approximate surface area is 194 Å². The molecule has 1 aliphatic carbocycles. The van der Waals surface area contributed by atoms with Gasteiger partial charge in [-0.2, -0.15) is 0 Å². The summed E-state index contributed by atoms with van der Waals surface area (Å²) in [6, 6.07) is 10.5. The van der Waals surface area contributed by atoms with Crippen LogP contribution in [0.4, 0.5) is 11.4 Å². The lowest BCUT2D eigenvalue weighted by Crippen LogP contribution is -2.24. The Morgan fingerprint density at radius 1 is 1.28 bits per heavy atom. The fourth-order valence-electron chi connectivity index (χ4n) is 3.94. The standard InChI is InChI=1S/C22H25N5O3S2/c1-15(21(28)23-16-7-5-10-18(13-16)27(29)30)32-22-25-24-20(14-19-11-6-12-31-19)26(22)17-8-3-2-4-9-17/h5-7,10-13,15,17H,2-4,8-9,14H2,1H3,(H,23,28). The lowest BCUT2D eigenvalue weighted by molar-refractivity contribution is -0.384. The van der Waals surface area contributed by atoms with E-state index in [9.17, 15) is 14.9 Å². The number of thiophene rings is 1. The molecule has 1 amide bonds. The molecule has 0 saturated heterocycles. The Bertz CT molecular complexity index is 1080. The van der Waals surface area contributed by atoms with E-state index in [0.29, 0.717) is 11.7 Å². The van der Waals surface area contributed by atoms with Crippen molar-refractivity contribution in [3.8, 4) is 0 Å². The number of rotatable bonds is 8. The van der Waals surface area contributed by atoms with Crippen molar-refractivity contribution in [3.63, 3.8) is 0 Å². The molecule has 1 aliphatic rings. The van der Waals surface area contributed by atoms with Gasteiger partial charge in [0.25, 0.3) is 5.69 Å². The van der Waals surface area contributed by atoms with Crippen molar-refractivity contribution in [2.45, 2.75) is 61.9 Å². The molecule has 168 valence electrons. The molecular formula is C22H25N5O3S2. The summed E-state index contributed by atoms with van der Waals surface area (Å²) in [6.45, 7) is 1.82. The van der Waals surface area contributed by atoms with Crippen LogP contribution in [0.15, 0.2) is 46.9 Å². The quantitative estimate of drug-likeness (QED) is 0.266. The van der Waals surface area contributed by atoms with Crippen LogP contribution in [0.5, 0.6) is 0 Å². The highest BCUT2D eigenvalue weighted by Crippen LogP contribution is 2.35. The number of carbonyl (C=O) groups excluding carboxylic acids is 1. The fourth-order valence-corrected chi connectivity index (χ4v) is 5.58. The normalized spacial score (nSPS) is 15.4. The highest BCUT2D eigenvalue weighted by atomic mass is 32.2. The molecule has 2 aromatic heterocycles. The molecule has 1 unspecified atom stereocenters. The van der Waals surface area contributed by atoms with Crippen LogP contribution >= 0.6 is 23.1 Å². The van der Waals surface area contributed by atoms with E-state index < -0.39 is 10.2 Å². The van der Waals surface area contributed by atoms with E-state index in [4.69, 9.17) is 0 Å². The van der Waals surface area contributed by atoms with Crippen LogP contribution in [-0.4, -0.2) is 30.8 Å². The number of thioether (sulfide) groups is 1. The first-order chi connectivity index (χ1) is 15.5. The molecule has 10 heteroatoms. The molecule has 32 heavy (non-hydrogen) atoms. The SMILES string of the molecule is CC(Sc1nnc(Cc2cccs2)n1C1CCCCC1)C(=O)Nc1cccc([N+](=O)[O-])c1. The van der Waals surface area contributed by atoms with E-state index in [-0.39, 0.29) is 11.6 Å². The molecular weight excluding hydrogens is 446 g/mol. The van der Waals surface area contributed by atoms with Crippen molar-refractivity contribution in [2.24, 2.45) is 0 Å². The smallest absolute Gasteiger partial charge is 0.271 e. The third-order valence-electron chi connectivity index (χ3n) is 5.56. The third-order valence-corrected chi connectivity index (χ3v) is 7.50. The maximum absolute atomic E-state index is 12.8. The van der Waals surface area contributed by atoms with Gasteiger partial charge in [0.1, 0.15) is 5.82 Å². The second kappa shape index (κ2) is 10.3. The number of amides is 1. The van der Waals surface area contributed by atoms with Gasteiger partial charge < -0.3 is 9.88 Å². The number of nitro benzene ring substituents is 1. The number of anilines is 1. The Morgan fingerprint density at radius 2 is 2.09 bits per heavy atom. The summed E-state index contributed by atoms with van der Waals surface area (Å²) < 4.78 is 2.24. The number of hydrogen-bond donors (Lipinski definition) is 1. The number of hydrogen-bond acceptors (Lipinski definition) is 7. The fraction of sp³-hybridized carbons (Fsp3) is 0.409. The second-order valence-electron chi connectivity index (χ2n) is 7.87. The molecule has 0 spiro atoms. The highest BCUT2D eigenvalue weighted by Gasteiger charge is 2.26. The molecule has 0 aliphatic heterocycles. The first kappa shape index (κ1) is 22.5. The zero-order valence-electron chi connectivity index (χ0n) is 17.8. The molecule has 0 bridgehead atoms. The zero-order chi connectivity index (χ0) is 22.5. The van der Waals surface area contributed by atoms with Gasteiger partial charge in [-0.1, -0.05) is 43.2 Å². The highest BCUT2D eigenvalue weighted by molar-refractivity contribution is 8.00. The summed E-state index contributed by atoms with van der Waals surface area (Å²) in [5, 5.41) is 25.1. The number of nitrogens with zero attached hydrogens (tertiary/aromatic N) is 4. The first-order valence-electron chi connectivity index (χ1n) is 10.7. The topological polar surface area (TPSA) is 103 Å². The monoisotopic (exact) mass is 471 g/mol. The van der Waals surface area contributed by atoms with Crippen molar-refractivity contribution in [2.75, 3.05) is 5.32 Å². The predicted octanol–water partition coefficient (Wildman–Crippen LogP) is 5.46. The van der Waals surface area contributed by atoms with Crippen LogP contribution in [0, 0.1) is 10.1 Å². The summed E-state index contributed by atoms with van der Waals surface area (Å²) in [5.41, 5.74) is 0.349. The van der Waals surface area contributed by atoms with E-state index in [2.05, 4.69) is 31.5 Å². The first-order valence-corrected chi connectivity index (χ1v) is 12.5. The molecule has 1 atom stereocenters. The Hall–Kier alpha value is -2.72. The van der Waals surface area contributed by atoms with Crippen molar-refractivity contribution < 1.29 is 9.72 Å². The van der Waals surface area contributed by atoms with Crippen LogP contribution in [0.2, 0.25) is 0 Å². The number of carbonyl (C=O) groups is 1. The number of nitro groups is 1. The number of aromatic nitrogens is 3. The van der Waals surface area contributed by atoms with E-state index in [1.807, 2.05) is 13.0 Å². The molecule has 0 radical (unpaired) electrons. The van der Waals surface area contributed by atoms with Gasteiger partial charge >= 0.3 is 0 Å². The van der Waals surface area contributed by atoms with Crippen molar-refractivity contribution in [1.82, 2.24) is 14.8 Å². The van der Waals surface area contributed by atoms with Gasteiger partial charge in [-0.15, -0.1) is 21.5 Å². The molecule has 2 heterocycles. The van der Waals surface area contributed by atoms with Crippen LogP contribution in [0.1, 0.15) is 55.8 Å². The van der Waals surface area contributed by atoms with Gasteiger partial charge in [0.15, 0.2) is 5.16 Å². The molecule has 4 rings (SSSR count). The minimum Gasteiger partial charge on any atom is -0.325 e. The van der Waals surface area contributed by atoms with E-state index >= 15 is 0 Å². The molecule has 3 aromatic rings. The lowest BCUT2D eigenvalue weighted by Gasteiger charge is -2.26. The zero-order valence-corrected chi connectivity index (χ0v) is 19.4. The van der Waals surface area contributed by atoms with E-state index in [0.717, 1.165) is 30.2 Å². The van der Waals surface area contributed by atoms with Crippen LogP contribution in [0.25, 0.3) is 0 Å². The second-order valence-corrected chi connectivity index (χ2v) is 10.2. The van der Waals surface area contributed by atoms with Crippen molar-refractivity contribution in [1.29, 1.82) is 0 Å².